The highest BCUT2D eigenvalue weighted by atomic mass is 35.5. The maximum absolute atomic E-state index is 12.7. The van der Waals surface area contributed by atoms with Gasteiger partial charge in [0.1, 0.15) is 5.75 Å². The van der Waals surface area contributed by atoms with Crippen molar-refractivity contribution in [3.8, 4) is 5.75 Å². The lowest BCUT2D eigenvalue weighted by atomic mass is 10.1. The zero-order valence-corrected chi connectivity index (χ0v) is 25.9. The predicted molar refractivity (Wildman–Crippen MR) is 169 cm³/mol. The first-order valence-corrected chi connectivity index (χ1v) is 16.3. The summed E-state index contributed by atoms with van der Waals surface area (Å²) in [6.45, 7) is 4.17. The molecule has 0 saturated carbocycles. The second-order valence-electron chi connectivity index (χ2n) is 10.5. The molecule has 5 nitrogen and oxygen atoms in total. The summed E-state index contributed by atoms with van der Waals surface area (Å²) >= 11 is 8.24. The van der Waals surface area contributed by atoms with Crippen LogP contribution in [-0.2, 0) is 13.1 Å². The van der Waals surface area contributed by atoms with Crippen molar-refractivity contribution in [2.24, 2.45) is 0 Å². The van der Waals surface area contributed by atoms with Gasteiger partial charge in [0, 0.05) is 18.3 Å². The average molecular weight is 585 g/mol. The van der Waals surface area contributed by atoms with Gasteiger partial charge in [-0.05, 0) is 36.2 Å². The number of hydrogen-bond donors (Lipinski definition) is 1. The monoisotopic (exact) mass is 584 g/mol. The number of unbranched alkanes of at least 4 members (excludes halogenated alkanes) is 11. The summed E-state index contributed by atoms with van der Waals surface area (Å²) in [6, 6.07) is 13.8. The van der Waals surface area contributed by atoms with E-state index in [-0.39, 0.29) is 6.03 Å². The van der Waals surface area contributed by atoms with Crippen molar-refractivity contribution in [1.82, 2.24) is 5.32 Å². The molecular weight excluding hydrogens is 538 g/mol. The number of ether oxygens (including phenoxy) is 1. The van der Waals surface area contributed by atoms with Crippen LogP contribution < -0.4 is 19.5 Å². The number of aromatic nitrogens is 1. The van der Waals surface area contributed by atoms with Gasteiger partial charge in [0.25, 0.3) is 0 Å². The maximum atomic E-state index is 12.7. The van der Waals surface area contributed by atoms with Gasteiger partial charge in [-0.2, -0.15) is 4.57 Å². The lowest BCUT2D eigenvalue weighted by Gasteiger charge is -2.23. The van der Waals surface area contributed by atoms with E-state index < -0.39 is 0 Å². The summed E-state index contributed by atoms with van der Waals surface area (Å²) < 4.78 is 8.11. The molecule has 2 aromatic carbocycles. The van der Waals surface area contributed by atoms with Crippen LogP contribution in [0.2, 0.25) is 5.02 Å². The van der Waals surface area contributed by atoms with Gasteiger partial charge in [0.15, 0.2) is 12.7 Å². The molecule has 2 amide bonds. The van der Waals surface area contributed by atoms with Crippen LogP contribution >= 0.6 is 22.9 Å². The van der Waals surface area contributed by atoms with E-state index in [0.29, 0.717) is 23.9 Å². The molecule has 0 radical (unpaired) electrons. The average Bonchev–Trinajstić information content (AvgIpc) is 3.48. The number of carbonyl (C=O) groups excluding carboxylic acids is 1. The number of hydrogen-bond acceptors (Lipinski definition) is 3. The fourth-order valence-corrected chi connectivity index (χ4v) is 5.68. The number of benzene rings is 2. The summed E-state index contributed by atoms with van der Waals surface area (Å²) in [5.74, 6) is 0.704. The number of urea groups is 1. The largest absolute Gasteiger partial charge is 0.492 e. The van der Waals surface area contributed by atoms with E-state index in [0.717, 1.165) is 24.2 Å². The highest BCUT2D eigenvalue weighted by Gasteiger charge is 2.16. The third-order valence-corrected chi connectivity index (χ3v) is 8.16. The number of rotatable bonds is 19. The molecule has 0 bridgehead atoms. The highest BCUT2D eigenvalue weighted by Crippen LogP contribution is 2.28. The quantitative estimate of drug-likeness (QED) is 0.113. The number of amides is 2. The van der Waals surface area contributed by atoms with Gasteiger partial charge in [0.2, 0.25) is 5.51 Å². The van der Waals surface area contributed by atoms with Gasteiger partial charge in [0.05, 0.1) is 23.6 Å². The lowest BCUT2D eigenvalue weighted by molar-refractivity contribution is -0.683. The zero-order chi connectivity index (χ0) is 28.4. The number of thiazole rings is 1. The zero-order valence-electron chi connectivity index (χ0n) is 24.4. The minimum absolute atomic E-state index is 0.164. The van der Waals surface area contributed by atoms with Crippen LogP contribution in [0.5, 0.6) is 5.75 Å². The minimum Gasteiger partial charge on any atom is -0.492 e. The molecule has 0 saturated heterocycles. The Bertz CT molecular complexity index is 1110. The molecule has 1 aromatic heterocycles. The number of nitrogens with one attached hydrogen (secondary N) is 1. The Morgan fingerprint density at radius 1 is 0.900 bits per heavy atom. The number of carbonyl (C=O) groups is 1. The van der Waals surface area contributed by atoms with Crippen LogP contribution in [0.15, 0.2) is 59.6 Å². The van der Waals surface area contributed by atoms with Crippen molar-refractivity contribution in [2.75, 3.05) is 18.6 Å². The van der Waals surface area contributed by atoms with Crippen LogP contribution in [0, 0.1) is 0 Å². The second kappa shape index (κ2) is 18.7. The van der Waals surface area contributed by atoms with E-state index in [4.69, 9.17) is 16.3 Å². The van der Waals surface area contributed by atoms with Crippen LogP contribution in [0.1, 0.15) is 95.1 Å². The molecule has 3 aromatic rings. The van der Waals surface area contributed by atoms with Gasteiger partial charge in [-0.3, -0.25) is 4.90 Å². The van der Waals surface area contributed by atoms with E-state index >= 15 is 0 Å². The molecule has 0 aliphatic rings. The summed E-state index contributed by atoms with van der Waals surface area (Å²) in [6.07, 6.45) is 17.9. The molecule has 7 heteroatoms. The Labute approximate surface area is 250 Å². The second-order valence-corrected chi connectivity index (χ2v) is 11.7. The summed E-state index contributed by atoms with van der Waals surface area (Å²) in [7, 11) is 1.65. The van der Waals surface area contributed by atoms with Gasteiger partial charge in [-0.15, -0.1) is 0 Å². The van der Waals surface area contributed by atoms with E-state index in [2.05, 4.69) is 46.0 Å². The Hall–Kier alpha value is -2.57. The van der Waals surface area contributed by atoms with Crippen molar-refractivity contribution in [3.05, 3.63) is 75.7 Å². The van der Waals surface area contributed by atoms with Crippen LogP contribution in [0.25, 0.3) is 0 Å². The fourth-order valence-electron chi connectivity index (χ4n) is 4.83. The molecule has 0 atom stereocenters. The molecule has 0 aliphatic carbocycles. The standard InChI is InChI=1S/C33H46ClN3O2S/c1-3-4-5-6-7-8-9-10-11-12-13-14-22-39-32-20-17-29(24-31(32)34)26-37(33(38)35-2)30-18-15-28(16-19-30)25-36-21-23-40-27-36/h15-21,23-24,27H,3-14,22,25-26H2,1-2H3/p+1. The topological polar surface area (TPSA) is 45.5 Å². The molecule has 0 fully saturated rings. The van der Waals surface area contributed by atoms with Gasteiger partial charge in [-0.25, -0.2) is 4.79 Å². The molecule has 0 unspecified atom stereocenters. The molecule has 0 spiro atoms. The molecule has 3 rings (SSSR count). The summed E-state index contributed by atoms with van der Waals surface area (Å²) in [4.78, 5) is 14.4. The molecule has 218 valence electrons. The highest BCUT2D eigenvalue weighted by molar-refractivity contribution is 7.07. The fraction of sp³-hybridized carbons (Fsp3) is 0.515. The first-order chi connectivity index (χ1) is 19.6. The number of halogens is 1. The Morgan fingerprint density at radius 2 is 1.52 bits per heavy atom. The van der Waals surface area contributed by atoms with Gasteiger partial charge in [-0.1, -0.05) is 119 Å². The van der Waals surface area contributed by atoms with Gasteiger partial charge >= 0.3 is 6.03 Å². The van der Waals surface area contributed by atoms with Crippen molar-refractivity contribution >= 4 is 34.7 Å². The summed E-state index contributed by atoms with van der Waals surface area (Å²) in [5.41, 5.74) is 5.05. The first kappa shape index (κ1) is 32.0. The van der Waals surface area contributed by atoms with Gasteiger partial charge < -0.3 is 10.1 Å². The minimum atomic E-state index is -0.164. The van der Waals surface area contributed by atoms with Crippen molar-refractivity contribution in [2.45, 2.75) is 97.1 Å². The molecular formula is C33H47ClN3O2S+. The van der Waals surface area contributed by atoms with E-state index in [1.165, 1.54) is 76.2 Å². The Balaban J connectivity index is 1.39. The Kier molecular flexibility index (Phi) is 15.0. The van der Waals surface area contributed by atoms with Crippen LogP contribution in [0.4, 0.5) is 10.5 Å². The first-order valence-electron chi connectivity index (χ1n) is 15.0. The Morgan fingerprint density at radius 3 is 2.10 bits per heavy atom. The molecule has 40 heavy (non-hydrogen) atoms. The van der Waals surface area contributed by atoms with Crippen LogP contribution in [0.3, 0.4) is 0 Å². The van der Waals surface area contributed by atoms with E-state index in [9.17, 15) is 4.79 Å². The molecule has 1 heterocycles. The smallest absolute Gasteiger partial charge is 0.321 e. The third-order valence-electron chi connectivity index (χ3n) is 7.19. The SMILES string of the molecule is CCCCCCCCCCCCCCOc1ccc(CN(C(=O)NC)c2ccc(C[n+]3ccsc3)cc2)cc1Cl. The van der Waals surface area contributed by atoms with Crippen LogP contribution in [-0.4, -0.2) is 19.7 Å². The summed E-state index contributed by atoms with van der Waals surface area (Å²) in [5, 5.41) is 5.39. The third kappa shape index (κ3) is 11.5. The maximum Gasteiger partial charge on any atom is 0.321 e. The molecule has 0 aliphatic heterocycles. The lowest BCUT2D eigenvalue weighted by Crippen LogP contribution is -2.37. The number of nitrogens with zero attached hydrogens (tertiary/aromatic N) is 2. The van der Waals surface area contributed by atoms with Crippen molar-refractivity contribution in [1.29, 1.82) is 0 Å². The number of anilines is 1. The molecule has 1 N–H and O–H groups in total. The normalized spacial score (nSPS) is 11.0. The van der Waals surface area contributed by atoms with E-state index in [1.807, 2.05) is 30.3 Å². The van der Waals surface area contributed by atoms with Crippen molar-refractivity contribution < 1.29 is 14.1 Å². The van der Waals surface area contributed by atoms with Crippen molar-refractivity contribution in [3.63, 3.8) is 0 Å². The van der Waals surface area contributed by atoms with E-state index in [1.54, 1.807) is 23.3 Å². The predicted octanol–water partition coefficient (Wildman–Crippen LogP) is 9.16.